The summed E-state index contributed by atoms with van der Waals surface area (Å²) in [6.45, 7) is 1.61. The van der Waals surface area contributed by atoms with E-state index in [1.807, 2.05) is 19.2 Å². The van der Waals surface area contributed by atoms with Crippen LogP contribution in [0.3, 0.4) is 0 Å². The predicted molar refractivity (Wildman–Crippen MR) is 73.0 cm³/mol. The molecule has 19 heavy (non-hydrogen) atoms. The minimum Gasteiger partial charge on any atom is -0.494 e. The molecule has 0 bridgehead atoms. The van der Waals surface area contributed by atoms with E-state index in [0.717, 1.165) is 26.1 Å². The van der Waals surface area contributed by atoms with E-state index in [2.05, 4.69) is 5.32 Å². The molecule has 0 aromatic heterocycles. The Morgan fingerprint density at radius 1 is 1.53 bits per heavy atom. The van der Waals surface area contributed by atoms with Gasteiger partial charge in [-0.1, -0.05) is 12.1 Å². The lowest BCUT2D eigenvalue weighted by Crippen LogP contribution is -2.40. The lowest BCUT2D eigenvalue weighted by molar-refractivity contribution is 0.0403. The van der Waals surface area contributed by atoms with E-state index in [9.17, 15) is 4.39 Å². The molecule has 1 fully saturated rings. The molecule has 2 atom stereocenters. The summed E-state index contributed by atoms with van der Waals surface area (Å²) in [7, 11) is 3.42. The lowest BCUT2D eigenvalue weighted by atomic mass is 9.89. The summed E-state index contributed by atoms with van der Waals surface area (Å²) in [5.74, 6) is 0.513. The van der Waals surface area contributed by atoms with Crippen molar-refractivity contribution in [3.63, 3.8) is 0 Å². The maximum Gasteiger partial charge on any atom is 0.168 e. The summed E-state index contributed by atoms with van der Waals surface area (Å²) in [5.41, 5.74) is 0.698. The third-order valence-electron chi connectivity index (χ3n) is 3.84. The molecule has 1 heterocycles. The van der Waals surface area contributed by atoms with Crippen molar-refractivity contribution in [2.75, 3.05) is 27.4 Å². The molecule has 1 N–H and O–H groups in total. The van der Waals surface area contributed by atoms with E-state index in [0.29, 0.717) is 23.7 Å². The molecule has 2 unspecified atom stereocenters. The van der Waals surface area contributed by atoms with Crippen LogP contribution in [0.1, 0.15) is 18.4 Å². The summed E-state index contributed by atoms with van der Waals surface area (Å²) in [6.07, 6.45) is 2.88. The second-order valence-corrected chi connectivity index (χ2v) is 5.01. The van der Waals surface area contributed by atoms with Gasteiger partial charge in [0.2, 0.25) is 0 Å². The highest BCUT2D eigenvalue weighted by Crippen LogP contribution is 2.25. The van der Waals surface area contributed by atoms with Gasteiger partial charge in [-0.2, -0.15) is 0 Å². The number of hydrogen-bond donors (Lipinski definition) is 1. The van der Waals surface area contributed by atoms with Gasteiger partial charge >= 0.3 is 0 Å². The molecule has 4 heteroatoms. The average Bonchev–Trinajstić information content (AvgIpc) is 2.47. The van der Waals surface area contributed by atoms with E-state index in [4.69, 9.17) is 9.47 Å². The quantitative estimate of drug-likeness (QED) is 0.888. The first-order valence-electron chi connectivity index (χ1n) is 6.82. The van der Waals surface area contributed by atoms with Crippen LogP contribution in [0.2, 0.25) is 0 Å². The fourth-order valence-corrected chi connectivity index (χ4v) is 2.70. The smallest absolute Gasteiger partial charge is 0.168 e. The molecule has 2 rings (SSSR count). The maximum atomic E-state index is 14.2. The molecule has 0 aliphatic carbocycles. The number of halogens is 1. The Morgan fingerprint density at radius 2 is 2.37 bits per heavy atom. The van der Waals surface area contributed by atoms with Crippen LogP contribution in [0.15, 0.2) is 18.2 Å². The van der Waals surface area contributed by atoms with Crippen LogP contribution in [-0.4, -0.2) is 33.4 Å². The standard InChI is InChI=1S/C15H22FNO2/c1-17-13(12-6-4-8-19-10-12)9-11-5-3-7-14(18-2)15(11)16/h3,5,7,12-13,17H,4,6,8-10H2,1-2H3. The largest absolute Gasteiger partial charge is 0.494 e. The van der Waals surface area contributed by atoms with Crippen molar-refractivity contribution < 1.29 is 13.9 Å². The van der Waals surface area contributed by atoms with E-state index in [1.165, 1.54) is 7.11 Å². The monoisotopic (exact) mass is 267 g/mol. The number of hydrogen-bond acceptors (Lipinski definition) is 3. The van der Waals surface area contributed by atoms with Crippen molar-refractivity contribution in [3.05, 3.63) is 29.6 Å². The number of methoxy groups -OCH3 is 1. The van der Waals surface area contributed by atoms with Gasteiger partial charge in [0.1, 0.15) is 0 Å². The Hall–Kier alpha value is -1.13. The highest BCUT2D eigenvalue weighted by atomic mass is 19.1. The molecule has 106 valence electrons. The Bertz CT molecular complexity index is 405. The first-order valence-corrected chi connectivity index (χ1v) is 6.82. The number of ether oxygens (including phenoxy) is 2. The van der Waals surface area contributed by atoms with E-state index in [-0.39, 0.29) is 11.9 Å². The van der Waals surface area contributed by atoms with Crippen LogP contribution in [0.25, 0.3) is 0 Å². The Kier molecular flexibility index (Phi) is 5.16. The summed E-state index contributed by atoms with van der Waals surface area (Å²) in [4.78, 5) is 0. The Morgan fingerprint density at radius 3 is 3.00 bits per heavy atom. The highest BCUT2D eigenvalue weighted by molar-refractivity contribution is 5.31. The fraction of sp³-hybridized carbons (Fsp3) is 0.600. The number of benzene rings is 1. The molecular formula is C15H22FNO2. The Labute approximate surface area is 114 Å². The van der Waals surface area contributed by atoms with Crippen LogP contribution < -0.4 is 10.1 Å². The van der Waals surface area contributed by atoms with Gasteiger partial charge in [-0.15, -0.1) is 0 Å². The zero-order chi connectivity index (χ0) is 13.7. The zero-order valence-electron chi connectivity index (χ0n) is 11.6. The minimum atomic E-state index is -0.248. The second-order valence-electron chi connectivity index (χ2n) is 5.01. The van der Waals surface area contributed by atoms with Crippen molar-refractivity contribution >= 4 is 0 Å². The van der Waals surface area contributed by atoms with Gasteiger partial charge in [-0.25, -0.2) is 4.39 Å². The normalized spacial score (nSPS) is 21.1. The van der Waals surface area contributed by atoms with E-state index >= 15 is 0 Å². The molecule has 3 nitrogen and oxygen atoms in total. The lowest BCUT2D eigenvalue weighted by Gasteiger charge is -2.30. The number of nitrogens with one attached hydrogen (secondary N) is 1. The zero-order valence-corrected chi connectivity index (χ0v) is 11.6. The van der Waals surface area contributed by atoms with Crippen molar-refractivity contribution in [1.29, 1.82) is 0 Å². The maximum absolute atomic E-state index is 14.2. The van der Waals surface area contributed by atoms with Gasteiger partial charge in [-0.05, 0) is 43.9 Å². The second kappa shape index (κ2) is 6.87. The molecule has 1 aliphatic heterocycles. The summed E-state index contributed by atoms with van der Waals surface area (Å²) >= 11 is 0. The van der Waals surface area contributed by atoms with Crippen LogP contribution in [0, 0.1) is 11.7 Å². The molecule has 1 saturated heterocycles. The van der Waals surface area contributed by atoms with Gasteiger partial charge in [0.25, 0.3) is 0 Å². The highest BCUT2D eigenvalue weighted by Gasteiger charge is 2.24. The van der Waals surface area contributed by atoms with Gasteiger partial charge in [-0.3, -0.25) is 0 Å². The molecule has 0 amide bonds. The Balaban J connectivity index is 2.09. The van der Waals surface area contributed by atoms with Crippen LogP contribution in [-0.2, 0) is 11.2 Å². The van der Waals surface area contributed by atoms with Gasteiger partial charge in [0.15, 0.2) is 11.6 Å². The van der Waals surface area contributed by atoms with Gasteiger partial charge in [0, 0.05) is 12.6 Å². The van der Waals surface area contributed by atoms with Crippen molar-refractivity contribution in [3.8, 4) is 5.75 Å². The minimum absolute atomic E-state index is 0.238. The van der Waals surface area contributed by atoms with E-state index < -0.39 is 0 Å². The first-order chi connectivity index (χ1) is 9.26. The molecule has 0 saturated carbocycles. The van der Waals surface area contributed by atoms with Crippen molar-refractivity contribution in [2.45, 2.75) is 25.3 Å². The summed E-state index contributed by atoms with van der Waals surface area (Å²) in [5, 5.41) is 3.30. The summed E-state index contributed by atoms with van der Waals surface area (Å²) in [6, 6.07) is 5.55. The van der Waals surface area contributed by atoms with Crippen molar-refractivity contribution in [2.24, 2.45) is 5.92 Å². The van der Waals surface area contributed by atoms with Crippen molar-refractivity contribution in [1.82, 2.24) is 5.32 Å². The molecule has 0 radical (unpaired) electrons. The van der Waals surface area contributed by atoms with Gasteiger partial charge in [0.05, 0.1) is 13.7 Å². The third kappa shape index (κ3) is 3.45. The fourth-order valence-electron chi connectivity index (χ4n) is 2.70. The predicted octanol–water partition coefficient (Wildman–Crippen LogP) is 2.39. The molecular weight excluding hydrogens is 245 g/mol. The van der Waals surface area contributed by atoms with Crippen LogP contribution in [0.5, 0.6) is 5.75 Å². The average molecular weight is 267 g/mol. The third-order valence-corrected chi connectivity index (χ3v) is 3.84. The van der Waals surface area contributed by atoms with Crippen LogP contribution >= 0.6 is 0 Å². The first kappa shape index (κ1) is 14.3. The SMILES string of the molecule is CNC(Cc1cccc(OC)c1F)C1CCCOC1. The molecule has 1 aromatic rings. The molecule has 0 spiro atoms. The summed E-state index contributed by atoms with van der Waals surface area (Å²) < 4.78 is 24.7. The molecule has 1 aliphatic rings. The molecule has 1 aromatic carbocycles. The van der Waals surface area contributed by atoms with E-state index in [1.54, 1.807) is 6.07 Å². The topological polar surface area (TPSA) is 30.5 Å². The number of likely N-dealkylation sites (N-methyl/N-ethyl adjacent to an activating group) is 1. The van der Waals surface area contributed by atoms with Crippen LogP contribution in [0.4, 0.5) is 4.39 Å². The number of rotatable bonds is 5. The van der Waals surface area contributed by atoms with Gasteiger partial charge < -0.3 is 14.8 Å².